The van der Waals surface area contributed by atoms with Crippen LogP contribution in [0.1, 0.15) is 65.7 Å². The zero-order valence-corrected chi connectivity index (χ0v) is 30.7. The number of aromatic amines is 1. The first-order valence-electron chi connectivity index (χ1n) is 17.9. The topological polar surface area (TPSA) is 193 Å². The van der Waals surface area contributed by atoms with E-state index in [0.29, 0.717) is 36.0 Å². The number of anilines is 1. The lowest BCUT2D eigenvalue weighted by Gasteiger charge is -2.30. The highest BCUT2D eigenvalue weighted by Gasteiger charge is 2.61. The third kappa shape index (κ3) is 8.16. The molecular formula is C37H43N9O6S. The molecule has 0 radical (unpaired) electrons. The van der Waals surface area contributed by atoms with E-state index in [1.807, 2.05) is 53.9 Å². The highest BCUT2D eigenvalue weighted by Crippen LogP contribution is 2.46. The van der Waals surface area contributed by atoms with Crippen LogP contribution in [0.5, 0.6) is 5.88 Å². The van der Waals surface area contributed by atoms with Crippen molar-refractivity contribution < 1.29 is 28.7 Å². The Bertz CT molecular complexity index is 2000. The maximum atomic E-state index is 14.5. The maximum absolute atomic E-state index is 14.5. The Balaban J connectivity index is 1.21. The first-order valence-corrected chi connectivity index (χ1v) is 18.8. The fourth-order valence-corrected chi connectivity index (χ4v) is 7.60. The summed E-state index contributed by atoms with van der Waals surface area (Å²) in [4.78, 5) is 71.7. The van der Waals surface area contributed by atoms with Crippen LogP contribution >= 0.6 is 11.3 Å². The van der Waals surface area contributed by atoms with Crippen molar-refractivity contribution in [2.24, 2.45) is 5.92 Å². The minimum atomic E-state index is -1.27. The van der Waals surface area contributed by atoms with Gasteiger partial charge in [0, 0.05) is 12.3 Å². The van der Waals surface area contributed by atoms with Crippen LogP contribution in [0.4, 0.5) is 10.7 Å². The number of carbonyl (C=O) groups is 4. The first kappa shape index (κ1) is 36.0. The molecule has 53 heavy (non-hydrogen) atoms. The molecule has 0 unspecified atom stereocenters. The van der Waals surface area contributed by atoms with Gasteiger partial charge in [-0.15, -0.1) is 11.3 Å². The molecular weight excluding hydrogens is 699 g/mol. The lowest BCUT2D eigenvalue weighted by Crippen LogP contribution is -2.57. The standard InChI is InChI=1S/C37H43N9O6S/c1-36(2,3)52-35(50)42-26-15-8-6-4-5-7-12-22-19-37(22,33(49)43-34-38-21-39-45-34)44-30(47)27-18-23(20-46(27)32(26)48)51-31-29(28-16-11-17-53-28)40-24-13-9-10-14-25(24)41-31/h7,9-14,16-17,21-23,26-27H,4-6,8,15,18-20H2,1-3H3,(H,42,50)(H,44,47)(H2,38,39,43,45,49)/b12-7-/t22-,23+,26-,27-,37+/m0/s1. The van der Waals surface area contributed by atoms with Gasteiger partial charge < -0.3 is 25.0 Å². The number of thiophene rings is 1. The number of alkyl carbamates (subject to hydrolysis) is 1. The van der Waals surface area contributed by atoms with Crippen molar-refractivity contribution in [2.45, 2.75) is 95.0 Å². The van der Waals surface area contributed by atoms with E-state index in [4.69, 9.17) is 19.4 Å². The largest absolute Gasteiger partial charge is 0.471 e. The van der Waals surface area contributed by atoms with Gasteiger partial charge in [-0.25, -0.2) is 19.9 Å². The van der Waals surface area contributed by atoms with E-state index in [-0.39, 0.29) is 30.7 Å². The summed E-state index contributed by atoms with van der Waals surface area (Å²) in [6.45, 7) is 5.28. The summed E-state index contributed by atoms with van der Waals surface area (Å²) < 4.78 is 12.1. The number of H-pyrrole nitrogens is 1. The van der Waals surface area contributed by atoms with E-state index >= 15 is 0 Å². The predicted octanol–water partition coefficient (Wildman–Crippen LogP) is 4.75. The highest BCUT2D eigenvalue weighted by molar-refractivity contribution is 7.13. The summed E-state index contributed by atoms with van der Waals surface area (Å²) >= 11 is 1.50. The molecule has 16 heteroatoms. The second-order valence-corrected chi connectivity index (χ2v) is 15.6. The van der Waals surface area contributed by atoms with Crippen molar-refractivity contribution >= 4 is 52.1 Å². The number of allylic oxidation sites excluding steroid dienone is 1. The number of fused-ring (bicyclic) bond motifs is 3. The molecule has 5 heterocycles. The molecule has 278 valence electrons. The number of ether oxygens (including phenoxy) is 2. The van der Waals surface area contributed by atoms with Crippen LogP contribution in [0.15, 0.2) is 60.3 Å². The molecule has 2 aliphatic heterocycles. The van der Waals surface area contributed by atoms with Gasteiger partial charge in [-0.1, -0.05) is 43.2 Å². The minimum absolute atomic E-state index is 0.0302. The third-order valence-electron chi connectivity index (χ3n) is 9.55. The smallest absolute Gasteiger partial charge is 0.408 e. The van der Waals surface area contributed by atoms with Crippen LogP contribution in [0.25, 0.3) is 21.6 Å². The van der Waals surface area contributed by atoms with Crippen LogP contribution in [-0.4, -0.2) is 89.7 Å². The molecule has 0 spiro atoms. The summed E-state index contributed by atoms with van der Waals surface area (Å²) in [5.74, 6) is -1.22. The van der Waals surface area contributed by atoms with Crippen LogP contribution in [-0.2, 0) is 19.1 Å². The number of rotatable bonds is 6. The highest BCUT2D eigenvalue weighted by atomic mass is 32.1. The van der Waals surface area contributed by atoms with E-state index < -0.39 is 53.1 Å². The van der Waals surface area contributed by atoms with Crippen molar-refractivity contribution in [2.75, 3.05) is 11.9 Å². The first-order chi connectivity index (χ1) is 25.5. The van der Waals surface area contributed by atoms with Crippen molar-refractivity contribution in [3.8, 4) is 16.5 Å². The Hall–Kier alpha value is -5.38. The Labute approximate surface area is 310 Å². The average Bonchev–Trinajstić information content (AvgIpc) is 3.62. The van der Waals surface area contributed by atoms with Gasteiger partial charge in [-0.3, -0.25) is 19.7 Å². The van der Waals surface area contributed by atoms with Crippen molar-refractivity contribution in [1.29, 1.82) is 0 Å². The van der Waals surface area contributed by atoms with Crippen molar-refractivity contribution in [3.63, 3.8) is 0 Å². The molecule has 3 aromatic heterocycles. The predicted molar refractivity (Wildman–Crippen MR) is 197 cm³/mol. The molecule has 1 saturated carbocycles. The van der Waals surface area contributed by atoms with Gasteiger partial charge in [0.15, 0.2) is 0 Å². The Kier molecular flexibility index (Phi) is 10.1. The second kappa shape index (κ2) is 14.9. The Morgan fingerprint density at radius 1 is 1.06 bits per heavy atom. The number of amides is 4. The van der Waals surface area contributed by atoms with E-state index in [9.17, 15) is 19.2 Å². The third-order valence-corrected chi connectivity index (χ3v) is 10.4. The summed E-state index contributed by atoms with van der Waals surface area (Å²) in [5.41, 5.74) is -0.150. The number of para-hydroxylation sites is 2. The Morgan fingerprint density at radius 2 is 1.87 bits per heavy atom. The van der Waals surface area contributed by atoms with Crippen molar-refractivity contribution in [1.82, 2.24) is 40.7 Å². The van der Waals surface area contributed by atoms with Gasteiger partial charge in [0.25, 0.3) is 5.91 Å². The molecule has 4 aromatic rings. The fraction of sp³-hybridized carbons (Fsp3) is 0.459. The van der Waals surface area contributed by atoms with Crippen LogP contribution in [0.2, 0.25) is 0 Å². The zero-order chi connectivity index (χ0) is 37.2. The van der Waals surface area contributed by atoms with Crippen LogP contribution < -0.4 is 20.7 Å². The number of aromatic nitrogens is 5. The van der Waals surface area contributed by atoms with Gasteiger partial charge in [0.2, 0.25) is 23.6 Å². The van der Waals surface area contributed by atoms with Gasteiger partial charge >= 0.3 is 6.09 Å². The number of carbonyl (C=O) groups excluding carboxylic acids is 4. The molecule has 15 nitrogen and oxygen atoms in total. The number of hydrogen-bond donors (Lipinski definition) is 4. The molecule has 1 aliphatic carbocycles. The maximum Gasteiger partial charge on any atom is 0.408 e. The molecule has 1 aromatic carbocycles. The Morgan fingerprint density at radius 3 is 2.60 bits per heavy atom. The number of nitrogens with one attached hydrogen (secondary N) is 4. The number of hydrogen-bond acceptors (Lipinski definition) is 11. The minimum Gasteiger partial charge on any atom is -0.471 e. The van der Waals surface area contributed by atoms with E-state index in [2.05, 4.69) is 31.1 Å². The van der Waals surface area contributed by atoms with Gasteiger partial charge in [-0.2, -0.15) is 10.1 Å². The van der Waals surface area contributed by atoms with Gasteiger partial charge in [0.05, 0.1) is 22.5 Å². The summed E-state index contributed by atoms with van der Waals surface area (Å²) in [6.07, 6.45) is 7.80. The SMILES string of the molecule is CC(C)(C)OC(=O)N[C@H]1CCCCC/C=C\[C@H]2C[C@@]2(C(=O)Nc2ncn[nH]2)NC(=O)[C@@H]2C[C@@H](Oc3nc4ccccc4nc3-c3cccs3)CN2C1=O. The second-order valence-electron chi connectivity index (χ2n) is 14.6. The molecule has 5 atom stereocenters. The summed E-state index contributed by atoms with van der Waals surface area (Å²) in [7, 11) is 0. The fourth-order valence-electron chi connectivity index (χ4n) is 6.90. The number of nitrogens with zero attached hydrogens (tertiary/aromatic N) is 5. The van der Waals surface area contributed by atoms with Crippen molar-refractivity contribution in [3.05, 3.63) is 60.3 Å². The van der Waals surface area contributed by atoms with Gasteiger partial charge in [-0.05, 0) is 70.0 Å². The van der Waals surface area contributed by atoms with E-state index in [1.54, 1.807) is 20.8 Å². The number of benzene rings is 1. The lowest BCUT2D eigenvalue weighted by molar-refractivity contribution is -0.141. The average molecular weight is 742 g/mol. The normalized spacial score (nSPS) is 25.6. The van der Waals surface area contributed by atoms with E-state index in [0.717, 1.165) is 24.1 Å². The monoisotopic (exact) mass is 741 g/mol. The van der Waals surface area contributed by atoms with E-state index in [1.165, 1.54) is 22.6 Å². The molecule has 1 saturated heterocycles. The molecule has 3 aliphatic rings. The van der Waals surface area contributed by atoms with Gasteiger partial charge in [0.1, 0.15) is 41.3 Å². The molecule has 7 rings (SSSR count). The van der Waals surface area contributed by atoms with Crippen LogP contribution in [0.3, 0.4) is 0 Å². The summed E-state index contributed by atoms with van der Waals surface area (Å²) in [5, 5.41) is 16.9. The molecule has 4 amide bonds. The molecule has 4 N–H and O–H groups in total. The zero-order valence-electron chi connectivity index (χ0n) is 29.8. The lowest BCUT2D eigenvalue weighted by atomic mass is 10.0. The summed E-state index contributed by atoms with van der Waals surface area (Å²) in [6, 6.07) is 9.35. The van der Waals surface area contributed by atoms with Crippen LogP contribution in [0, 0.1) is 5.92 Å². The molecule has 0 bridgehead atoms. The molecule has 2 fully saturated rings. The quantitative estimate of drug-likeness (QED) is 0.201.